The zero-order valence-corrected chi connectivity index (χ0v) is 15.3. The fraction of sp³-hybridized carbons (Fsp3) is 0.550. The maximum Gasteiger partial charge on any atom is 0.245 e. The number of hydrogen-bond acceptors (Lipinski definition) is 4. The number of hydrogen-bond donors (Lipinski definition) is 1. The summed E-state index contributed by atoms with van der Waals surface area (Å²) in [4.78, 5) is 39.2. The van der Waals surface area contributed by atoms with Crippen LogP contribution in [0.3, 0.4) is 0 Å². The number of nitrogens with zero attached hydrogens (tertiary/aromatic N) is 1. The molecule has 1 N–H and O–H groups in total. The Labute approximate surface area is 153 Å². The van der Waals surface area contributed by atoms with Crippen molar-refractivity contribution < 1.29 is 19.1 Å². The summed E-state index contributed by atoms with van der Waals surface area (Å²) >= 11 is 0. The predicted molar refractivity (Wildman–Crippen MR) is 96.4 cm³/mol. The first-order chi connectivity index (χ1) is 12.5. The first kappa shape index (κ1) is 18.6. The summed E-state index contributed by atoms with van der Waals surface area (Å²) in [6.07, 6.45) is 1.26. The molecule has 0 aromatic heterocycles. The van der Waals surface area contributed by atoms with Gasteiger partial charge in [0.1, 0.15) is 18.7 Å². The minimum Gasteiger partial charge on any atom is -0.368 e. The van der Waals surface area contributed by atoms with E-state index in [1.165, 1.54) is 0 Å². The van der Waals surface area contributed by atoms with Gasteiger partial charge in [-0.2, -0.15) is 0 Å². The van der Waals surface area contributed by atoms with Gasteiger partial charge in [-0.25, -0.2) is 0 Å². The van der Waals surface area contributed by atoms with Gasteiger partial charge < -0.3 is 15.0 Å². The molecule has 26 heavy (non-hydrogen) atoms. The van der Waals surface area contributed by atoms with E-state index in [9.17, 15) is 14.4 Å². The molecule has 0 radical (unpaired) electrons. The molecule has 3 atom stereocenters. The van der Waals surface area contributed by atoms with Crippen LogP contribution in [0.25, 0.3) is 0 Å². The number of fused-ring (bicyclic) bond motifs is 1. The van der Waals surface area contributed by atoms with Crippen molar-refractivity contribution >= 4 is 17.6 Å². The molecule has 1 aromatic rings. The van der Waals surface area contributed by atoms with Gasteiger partial charge in [0.25, 0.3) is 0 Å². The van der Waals surface area contributed by atoms with Crippen molar-refractivity contribution in [2.24, 2.45) is 5.92 Å². The average Bonchev–Trinajstić information content (AvgIpc) is 3.17. The van der Waals surface area contributed by atoms with Crippen LogP contribution in [0.1, 0.15) is 32.3 Å². The second-order valence-electron chi connectivity index (χ2n) is 7.49. The quantitative estimate of drug-likeness (QED) is 0.832. The largest absolute Gasteiger partial charge is 0.368 e. The topological polar surface area (TPSA) is 75.7 Å². The lowest BCUT2D eigenvalue weighted by molar-refractivity contribution is -0.140. The Bertz CT molecular complexity index is 674. The van der Waals surface area contributed by atoms with Gasteiger partial charge in [0, 0.05) is 6.54 Å². The summed E-state index contributed by atoms with van der Waals surface area (Å²) in [5.41, 5.74) is 0.904. The molecular formula is C20H26N2O4. The summed E-state index contributed by atoms with van der Waals surface area (Å²) in [6, 6.07) is 8.35. The van der Waals surface area contributed by atoms with E-state index in [0.717, 1.165) is 5.56 Å². The Kier molecular flexibility index (Phi) is 5.71. The highest BCUT2D eigenvalue weighted by molar-refractivity contribution is 5.95. The van der Waals surface area contributed by atoms with Crippen molar-refractivity contribution in [3.05, 3.63) is 35.9 Å². The van der Waals surface area contributed by atoms with Crippen LogP contribution in [0.2, 0.25) is 0 Å². The number of carbonyl (C=O) groups excluding carboxylic acids is 3. The first-order valence-corrected chi connectivity index (χ1v) is 9.23. The molecule has 2 heterocycles. The van der Waals surface area contributed by atoms with Gasteiger partial charge in [-0.05, 0) is 24.3 Å². The molecule has 2 unspecified atom stereocenters. The highest BCUT2D eigenvalue weighted by Gasteiger charge is 2.48. The van der Waals surface area contributed by atoms with Gasteiger partial charge in [0.05, 0.1) is 12.5 Å². The van der Waals surface area contributed by atoms with Gasteiger partial charge in [-0.15, -0.1) is 0 Å². The van der Waals surface area contributed by atoms with Gasteiger partial charge in [-0.3, -0.25) is 14.4 Å². The van der Waals surface area contributed by atoms with Crippen LogP contribution in [0.4, 0.5) is 0 Å². The number of Topliss-reactive ketones (excluding diaryl/α,β-unsaturated/α-hetero) is 1. The van der Waals surface area contributed by atoms with E-state index in [4.69, 9.17) is 4.74 Å². The van der Waals surface area contributed by atoms with E-state index in [1.54, 1.807) is 4.90 Å². The fourth-order valence-corrected chi connectivity index (χ4v) is 3.76. The fourth-order valence-electron chi connectivity index (χ4n) is 3.76. The van der Waals surface area contributed by atoms with Gasteiger partial charge >= 0.3 is 0 Å². The molecule has 2 aliphatic heterocycles. The maximum atomic E-state index is 13.1. The number of carbonyl (C=O) groups is 3. The lowest BCUT2D eigenvalue weighted by Gasteiger charge is -2.28. The van der Waals surface area contributed by atoms with Gasteiger partial charge in [-0.1, -0.05) is 44.2 Å². The van der Waals surface area contributed by atoms with Crippen LogP contribution < -0.4 is 5.32 Å². The zero-order valence-electron chi connectivity index (χ0n) is 15.3. The van der Waals surface area contributed by atoms with Crippen molar-refractivity contribution in [3.8, 4) is 0 Å². The molecule has 3 rings (SSSR count). The molecule has 2 fully saturated rings. The third-order valence-electron chi connectivity index (χ3n) is 4.94. The normalized spacial score (nSPS) is 23.2. The van der Waals surface area contributed by atoms with Gasteiger partial charge in [0.2, 0.25) is 11.8 Å². The zero-order chi connectivity index (χ0) is 18.7. The maximum absolute atomic E-state index is 13.1. The molecule has 6 nitrogen and oxygen atoms in total. The summed E-state index contributed by atoms with van der Waals surface area (Å²) in [5, 5.41) is 2.89. The second-order valence-corrected chi connectivity index (χ2v) is 7.49. The third kappa shape index (κ3) is 4.12. The molecule has 0 spiro atoms. The molecule has 0 aliphatic carbocycles. The van der Waals surface area contributed by atoms with Crippen LogP contribution in [0.5, 0.6) is 0 Å². The molecule has 140 valence electrons. The number of amides is 2. The number of nitrogens with one attached hydrogen (secondary N) is 1. The molecule has 0 saturated carbocycles. The predicted octanol–water partition coefficient (Wildman–Crippen LogP) is 1.33. The number of ether oxygens (including phenoxy) is 1. The minimum absolute atomic E-state index is 0.0419. The Morgan fingerprint density at radius 3 is 2.69 bits per heavy atom. The highest BCUT2D eigenvalue weighted by Crippen LogP contribution is 2.28. The van der Waals surface area contributed by atoms with Crippen molar-refractivity contribution in [1.29, 1.82) is 0 Å². The standard InChI is InChI=1S/C20H26N2O4/c1-13(2)10-15(21-18(24)11-14-6-4-3-5-7-14)20(25)22-9-8-17-19(22)16(23)12-26-17/h3-7,13,15,17,19H,8-12H2,1-2H3,(H,21,24)/t15-,17?,19?/m0/s1. The van der Waals surface area contributed by atoms with E-state index in [-0.39, 0.29) is 42.6 Å². The molecule has 2 amide bonds. The first-order valence-electron chi connectivity index (χ1n) is 9.23. The van der Waals surface area contributed by atoms with Crippen molar-refractivity contribution in [1.82, 2.24) is 10.2 Å². The Morgan fingerprint density at radius 2 is 2.00 bits per heavy atom. The second kappa shape index (κ2) is 7.99. The molecule has 1 aromatic carbocycles. The van der Waals surface area contributed by atoms with Crippen LogP contribution in [0.15, 0.2) is 30.3 Å². The van der Waals surface area contributed by atoms with E-state index in [1.807, 2.05) is 44.2 Å². The van der Waals surface area contributed by atoms with E-state index >= 15 is 0 Å². The summed E-state index contributed by atoms with van der Waals surface area (Å²) < 4.78 is 5.46. The lowest BCUT2D eigenvalue weighted by atomic mass is 10.0. The SMILES string of the molecule is CC(C)C[C@H](NC(=O)Cc1ccccc1)C(=O)N1CCC2OCC(=O)C21. The Hall–Kier alpha value is -2.21. The van der Waals surface area contributed by atoms with E-state index in [0.29, 0.717) is 19.4 Å². The van der Waals surface area contributed by atoms with Gasteiger partial charge in [0.15, 0.2) is 5.78 Å². The smallest absolute Gasteiger partial charge is 0.245 e. The van der Waals surface area contributed by atoms with Crippen molar-refractivity contribution in [2.45, 2.75) is 51.3 Å². The molecule has 2 aliphatic rings. The monoisotopic (exact) mass is 358 g/mol. The molecule has 0 bridgehead atoms. The van der Waals surface area contributed by atoms with Crippen LogP contribution >= 0.6 is 0 Å². The summed E-state index contributed by atoms with van der Waals surface area (Å²) in [7, 11) is 0. The van der Waals surface area contributed by atoms with E-state index < -0.39 is 12.1 Å². The Balaban J connectivity index is 1.68. The van der Waals surface area contributed by atoms with Crippen molar-refractivity contribution in [3.63, 3.8) is 0 Å². The van der Waals surface area contributed by atoms with Crippen LogP contribution in [-0.4, -0.2) is 53.8 Å². The summed E-state index contributed by atoms with van der Waals surface area (Å²) in [5.74, 6) is -0.152. The van der Waals surface area contributed by atoms with Crippen LogP contribution in [0, 0.1) is 5.92 Å². The molecule has 6 heteroatoms. The molecular weight excluding hydrogens is 332 g/mol. The number of likely N-dealkylation sites (tertiary alicyclic amines) is 1. The number of ketones is 1. The number of rotatable bonds is 6. The Morgan fingerprint density at radius 1 is 1.27 bits per heavy atom. The third-order valence-corrected chi connectivity index (χ3v) is 4.94. The average molecular weight is 358 g/mol. The molecule has 2 saturated heterocycles. The number of benzene rings is 1. The summed E-state index contributed by atoms with van der Waals surface area (Å²) in [6.45, 7) is 4.61. The lowest BCUT2D eigenvalue weighted by Crippen LogP contribution is -2.52. The van der Waals surface area contributed by atoms with Crippen LogP contribution in [-0.2, 0) is 25.5 Å². The van der Waals surface area contributed by atoms with E-state index in [2.05, 4.69) is 5.32 Å². The van der Waals surface area contributed by atoms with Crippen molar-refractivity contribution in [2.75, 3.05) is 13.2 Å². The minimum atomic E-state index is -0.613. The highest BCUT2D eigenvalue weighted by atomic mass is 16.5.